The summed E-state index contributed by atoms with van der Waals surface area (Å²) >= 11 is 0. The highest BCUT2D eigenvalue weighted by atomic mass is 16.3. The van der Waals surface area contributed by atoms with Crippen LogP contribution in [0, 0.1) is 0 Å². The van der Waals surface area contributed by atoms with E-state index in [0.29, 0.717) is 5.75 Å². The van der Waals surface area contributed by atoms with Crippen molar-refractivity contribution in [2.45, 2.75) is 19.4 Å². The maximum atomic E-state index is 10.0. The fourth-order valence-electron chi connectivity index (χ4n) is 2.82. The van der Waals surface area contributed by atoms with Gasteiger partial charge in [0, 0.05) is 25.2 Å². The van der Waals surface area contributed by atoms with Gasteiger partial charge in [-0.15, -0.1) is 0 Å². The largest absolute Gasteiger partial charge is 0.507 e. The standard InChI is InChI=1S/C14H18N2O/c1-15-9-11(10-16-7-2-3-8-16)14-12(15)5-4-6-13(14)17/h4-6,9,17H,2-3,7-8,10H2,1H3. The maximum absolute atomic E-state index is 10.0. The van der Waals surface area contributed by atoms with Gasteiger partial charge in [-0.2, -0.15) is 0 Å². The van der Waals surface area contributed by atoms with Crippen molar-refractivity contribution in [3.8, 4) is 5.75 Å². The molecule has 90 valence electrons. The summed E-state index contributed by atoms with van der Waals surface area (Å²) in [6, 6.07) is 5.73. The molecule has 3 rings (SSSR count). The molecule has 1 fully saturated rings. The Bertz CT molecular complexity index is 538. The van der Waals surface area contributed by atoms with Gasteiger partial charge in [-0.25, -0.2) is 0 Å². The molecule has 2 heterocycles. The minimum absolute atomic E-state index is 0.400. The lowest BCUT2D eigenvalue weighted by atomic mass is 10.1. The van der Waals surface area contributed by atoms with Crippen LogP contribution in [-0.4, -0.2) is 27.7 Å². The van der Waals surface area contributed by atoms with E-state index in [9.17, 15) is 5.11 Å². The number of rotatable bonds is 2. The highest BCUT2D eigenvalue weighted by Crippen LogP contribution is 2.30. The molecule has 0 amide bonds. The Morgan fingerprint density at radius 1 is 1.24 bits per heavy atom. The fourth-order valence-corrected chi connectivity index (χ4v) is 2.82. The molecule has 3 nitrogen and oxygen atoms in total. The van der Waals surface area contributed by atoms with Crippen LogP contribution in [-0.2, 0) is 13.6 Å². The Balaban J connectivity index is 2.03. The van der Waals surface area contributed by atoms with E-state index in [0.717, 1.165) is 17.4 Å². The molecular weight excluding hydrogens is 212 g/mol. The van der Waals surface area contributed by atoms with Crippen LogP contribution in [0.5, 0.6) is 5.75 Å². The summed E-state index contributed by atoms with van der Waals surface area (Å²) in [6.07, 6.45) is 4.75. The molecule has 17 heavy (non-hydrogen) atoms. The molecule has 0 radical (unpaired) electrons. The van der Waals surface area contributed by atoms with Gasteiger partial charge in [0.25, 0.3) is 0 Å². The molecular formula is C14H18N2O. The summed E-state index contributed by atoms with van der Waals surface area (Å²) in [7, 11) is 2.04. The number of phenols is 1. The van der Waals surface area contributed by atoms with E-state index in [2.05, 4.69) is 21.7 Å². The first-order chi connectivity index (χ1) is 8.25. The average Bonchev–Trinajstić information content (AvgIpc) is 2.90. The number of phenolic OH excluding ortho intramolecular Hbond substituents is 1. The molecule has 0 saturated carbocycles. The minimum Gasteiger partial charge on any atom is -0.507 e. The zero-order valence-electron chi connectivity index (χ0n) is 10.2. The smallest absolute Gasteiger partial charge is 0.125 e. The third-order valence-electron chi connectivity index (χ3n) is 3.66. The second-order valence-corrected chi connectivity index (χ2v) is 4.92. The molecule has 0 bridgehead atoms. The second kappa shape index (κ2) is 4.08. The van der Waals surface area contributed by atoms with Gasteiger partial charge in [-0.1, -0.05) is 6.07 Å². The summed E-state index contributed by atoms with van der Waals surface area (Å²) < 4.78 is 2.10. The summed E-state index contributed by atoms with van der Waals surface area (Å²) in [5, 5.41) is 11.0. The zero-order chi connectivity index (χ0) is 11.8. The molecule has 1 aliphatic heterocycles. The lowest BCUT2D eigenvalue weighted by molar-refractivity contribution is 0.332. The van der Waals surface area contributed by atoms with Crippen LogP contribution < -0.4 is 0 Å². The molecule has 1 N–H and O–H groups in total. The number of hydrogen-bond donors (Lipinski definition) is 1. The normalized spacial score (nSPS) is 17.0. The Morgan fingerprint density at radius 3 is 2.76 bits per heavy atom. The number of nitrogens with zero attached hydrogens (tertiary/aromatic N) is 2. The number of aromatic hydroxyl groups is 1. The van der Waals surface area contributed by atoms with E-state index in [-0.39, 0.29) is 0 Å². The fraction of sp³-hybridized carbons (Fsp3) is 0.429. The van der Waals surface area contributed by atoms with Crippen molar-refractivity contribution in [3.63, 3.8) is 0 Å². The quantitative estimate of drug-likeness (QED) is 0.858. The van der Waals surface area contributed by atoms with E-state index >= 15 is 0 Å². The number of aromatic nitrogens is 1. The molecule has 0 aliphatic carbocycles. The maximum Gasteiger partial charge on any atom is 0.125 e. The molecule has 1 aromatic heterocycles. The molecule has 0 unspecified atom stereocenters. The van der Waals surface area contributed by atoms with Gasteiger partial charge >= 0.3 is 0 Å². The molecule has 1 aliphatic rings. The van der Waals surface area contributed by atoms with Crippen molar-refractivity contribution >= 4 is 10.9 Å². The van der Waals surface area contributed by atoms with Crippen molar-refractivity contribution in [3.05, 3.63) is 30.0 Å². The van der Waals surface area contributed by atoms with Crippen LogP contribution in [0.1, 0.15) is 18.4 Å². The van der Waals surface area contributed by atoms with Gasteiger partial charge < -0.3 is 9.67 Å². The first kappa shape index (κ1) is 10.7. The average molecular weight is 230 g/mol. The van der Waals surface area contributed by atoms with Crippen molar-refractivity contribution in [2.24, 2.45) is 7.05 Å². The first-order valence-corrected chi connectivity index (χ1v) is 6.24. The van der Waals surface area contributed by atoms with Crippen LogP contribution in [0.3, 0.4) is 0 Å². The lowest BCUT2D eigenvalue weighted by Gasteiger charge is -2.13. The number of aryl methyl sites for hydroxylation is 1. The number of hydrogen-bond acceptors (Lipinski definition) is 2. The van der Waals surface area contributed by atoms with E-state index in [1.807, 2.05) is 13.1 Å². The number of likely N-dealkylation sites (tertiary alicyclic amines) is 1. The number of fused-ring (bicyclic) bond motifs is 1. The van der Waals surface area contributed by atoms with Gasteiger partial charge in [0.15, 0.2) is 0 Å². The van der Waals surface area contributed by atoms with Gasteiger partial charge in [0.05, 0.1) is 5.52 Å². The monoisotopic (exact) mass is 230 g/mol. The highest BCUT2D eigenvalue weighted by molar-refractivity contribution is 5.89. The zero-order valence-corrected chi connectivity index (χ0v) is 10.2. The molecule has 0 spiro atoms. The Kier molecular flexibility index (Phi) is 2.56. The van der Waals surface area contributed by atoms with Crippen LogP contribution in [0.2, 0.25) is 0 Å². The Hall–Kier alpha value is -1.48. The molecule has 1 saturated heterocycles. The Labute approximate surface area is 101 Å². The highest BCUT2D eigenvalue weighted by Gasteiger charge is 2.16. The third kappa shape index (κ3) is 1.80. The van der Waals surface area contributed by atoms with E-state index in [4.69, 9.17) is 0 Å². The van der Waals surface area contributed by atoms with Crippen LogP contribution in [0.4, 0.5) is 0 Å². The van der Waals surface area contributed by atoms with Crippen LogP contribution in [0.25, 0.3) is 10.9 Å². The van der Waals surface area contributed by atoms with E-state index < -0.39 is 0 Å². The topological polar surface area (TPSA) is 28.4 Å². The SMILES string of the molecule is Cn1cc(CN2CCCC2)c2c(O)cccc21. The van der Waals surface area contributed by atoms with Gasteiger partial charge in [0.2, 0.25) is 0 Å². The van der Waals surface area contributed by atoms with Crippen LogP contribution >= 0.6 is 0 Å². The predicted octanol–water partition coefficient (Wildman–Crippen LogP) is 2.48. The van der Waals surface area contributed by atoms with Crippen LogP contribution in [0.15, 0.2) is 24.4 Å². The van der Waals surface area contributed by atoms with Crippen molar-refractivity contribution in [1.82, 2.24) is 9.47 Å². The van der Waals surface area contributed by atoms with Gasteiger partial charge in [-0.05, 0) is 43.6 Å². The summed E-state index contributed by atoms with van der Waals surface area (Å²) in [5.74, 6) is 0.400. The predicted molar refractivity (Wildman–Crippen MR) is 69.1 cm³/mol. The third-order valence-corrected chi connectivity index (χ3v) is 3.66. The summed E-state index contributed by atoms with van der Waals surface area (Å²) in [5.41, 5.74) is 2.35. The molecule has 0 atom stereocenters. The molecule has 1 aromatic carbocycles. The van der Waals surface area contributed by atoms with Gasteiger partial charge in [-0.3, -0.25) is 4.90 Å². The van der Waals surface area contributed by atoms with E-state index in [1.54, 1.807) is 6.07 Å². The molecule has 2 aromatic rings. The van der Waals surface area contributed by atoms with Gasteiger partial charge in [0.1, 0.15) is 5.75 Å². The second-order valence-electron chi connectivity index (χ2n) is 4.92. The van der Waals surface area contributed by atoms with E-state index in [1.165, 1.54) is 31.5 Å². The van der Waals surface area contributed by atoms with Crippen molar-refractivity contribution < 1.29 is 5.11 Å². The van der Waals surface area contributed by atoms with Crippen molar-refractivity contribution in [2.75, 3.05) is 13.1 Å². The molecule has 3 heteroatoms. The minimum atomic E-state index is 0.400. The lowest BCUT2D eigenvalue weighted by Crippen LogP contribution is -2.18. The summed E-state index contributed by atoms with van der Waals surface area (Å²) in [6.45, 7) is 3.32. The van der Waals surface area contributed by atoms with Crippen molar-refractivity contribution in [1.29, 1.82) is 0 Å². The first-order valence-electron chi connectivity index (χ1n) is 6.24. The summed E-state index contributed by atoms with van der Waals surface area (Å²) in [4.78, 5) is 2.46. The Morgan fingerprint density at radius 2 is 2.00 bits per heavy atom. The number of benzene rings is 1.